The first-order valence-electron chi connectivity index (χ1n) is 8.67. The number of anilines is 1. The second-order valence-electron chi connectivity index (χ2n) is 6.52. The second-order valence-corrected chi connectivity index (χ2v) is 6.93. The zero-order valence-corrected chi connectivity index (χ0v) is 14.8. The van der Waals surface area contributed by atoms with Gasteiger partial charge in [0.15, 0.2) is 0 Å². The van der Waals surface area contributed by atoms with Crippen molar-refractivity contribution in [2.45, 2.75) is 25.3 Å². The highest BCUT2D eigenvalue weighted by Gasteiger charge is 2.38. The van der Waals surface area contributed by atoms with Crippen LogP contribution in [-0.4, -0.2) is 12.6 Å². The third-order valence-corrected chi connectivity index (χ3v) is 5.46. The van der Waals surface area contributed by atoms with Crippen molar-refractivity contribution in [3.63, 3.8) is 0 Å². The van der Waals surface area contributed by atoms with Crippen LogP contribution in [0.1, 0.15) is 46.8 Å². The van der Waals surface area contributed by atoms with Crippen molar-refractivity contribution in [1.29, 1.82) is 0 Å². The quantitative estimate of drug-likeness (QED) is 0.597. The molecule has 0 radical (unpaired) electrons. The Labute approximate surface area is 152 Å². The summed E-state index contributed by atoms with van der Waals surface area (Å²) in [5.41, 5.74) is 3.96. The van der Waals surface area contributed by atoms with Gasteiger partial charge in [-0.1, -0.05) is 42.0 Å². The van der Waals surface area contributed by atoms with Gasteiger partial charge in [0.25, 0.3) is 0 Å². The molecule has 4 heteroatoms. The Balaban J connectivity index is 1.74. The second kappa shape index (κ2) is 6.57. The average molecular weight is 354 g/mol. The number of ether oxygens (including phenoxy) is 1. The molecule has 1 aliphatic carbocycles. The monoisotopic (exact) mass is 353 g/mol. The summed E-state index contributed by atoms with van der Waals surface area (Å²) in [5, 5.41) is 4.44. The Bertz CT molecular complexity index is 846. The van der Waals surface area contributed by atoms with E-state index < -0.39 is 0 Å². The number of rotatable bonds is 3. The normalized spacial score (nSPS) is 23.5. The Hall–Kier alpha value is -2.26. The molecule has 25 heavy (non-hydrogen) atoms. The summed E-state index contributed by atoms with van der Waals surface area (Å²) in [7, 11) is 0. The summed E-state index contributed by atoms with van der Waals surface area (Å²) < 4.78 is 5.14. The molecule has 3 nitrogen and oxygen atoms in total. The number of carbonyl (C=O) groups is 1. The number of esters is 1. The molecule has 1 heterocycles. The van der Waals surface area contributed by atoms with Crippen LogP contribution in [0.2, 0.25) is 5.02 Å². The molecule has 3 atom stereocenters. The SMILES string of the molecule is CCOC(=O)c1ccc2c(c1)C1C=CCC1C(c1ccccc1Cl)N2. The van der Waals surface area contributed by atoms with Gasteiger partial charge in [0.1, 0.15) is 0 Å². The number of hydrogen-bond acceptors (Lipinski definition) is 3. The van der Waals surface area contributed by atoms with Crippen LogP contribution in [0.4, 0.5) is 5.69 Å². The van der Waals surface area contributed by atoms with Crippen LogP contribution in [0.25, 0.3) is 0 Å². The first-order chi connectivity index (χ1) is 12.2. The standard InChI is InChI=1S/C21H20ClNO2/c1-2-25-21(24)13-10-11-19-17(12-13)14-7-5-8-15(14)20(23-19)16-6-3-4-9-18(16)22/h3-7,9-12,14-15,20,23H,2,8H2,1H3. The highest BCUT2D eigenvalue weighted by Crippen LogP contribution is 2.50. The van der Waals surface area contributed by atoms with Gasteiger partial charge in [-0.05, 0) is 54.7 Å². The molecule has 3 unspecified atom stereocenters. The van der Waals surface area contributed by atoms with Crippen molar-refractivity contribution in [2.24, 2.45) is 5.92 Å². The molecule has 0 fully saturated rings. The average Bonchev–Trinajstić information content (AvgIpc) is 3.11. The van der Waals surface area contributed by atoms with E-state index in [2.05, 4.69) is 23.5 Å². The number of benzene rings is 2. The third kappa shape index (κ3) is 2.83. The third-order valence-electron chi connectivity index (χ3n) is 5.11. The van der Waals surface area contributed by atoms with Crippen molar-refractivity contribution in [1.82, 2.24) is 0 Å². The van der Waals surface area contributed by atoms with Gasteiger partial charge >= 0.3 is 5.97 Å². The van der Waals surface area contributed by atoms with E-state index in [-0.39, 0.29) is 17.9 Å². The van der Waals surface area contributed by atoms with Crippen LogP contribution in [0.3, 0.4) is 0 Å². The van der Waals surface area contributed by atoms with E-state index in [0.29, 0.717) is 18.1 Å². The van der Waals surface area contributed by atoms with Gasteiger partial charge < -0.3 is 10.1 Å². The molecular formula is C21H20ClNO2. The lowest BCUT2D eigenvalue weighted by Crippen LogP contribution is -2.29. The van der Waals surface area contributed by atoms with E-state index in [4.69, 9.17) is 16.3 Å². The van der Waals surface area contributed by atoms with Crippen LogP contribution in [0, 0.1) is 5.92 Å². The zero-order valence-electron chi connectivity index (χ0n) is 14.0. The van der Waals surface area contributed by atoms with E-state index in [1.165, 1.54) is 0 Å². The summed E-state index contributed by atoms with van der Waals surface area (Å²) in [5.74, 6) is 0.411. The Morgan fingerprint density at radius 2 is 2.08 bits per heavy atom. The number of nitrogens with one attached hydrogen (secondary N) is 1. The van der Waals surface area contributed by atoms with Crippen molar-refractivity contribution >= 4 is 23.3 Å². The topological polar surface area (TPSA) is 38.3 Å². The molecule has 0 aromatic heterocycles. The van der Waals surface area contributed by atoms with Gasteiger partial charge in [0.2, 0.25) is 0 Å². The first kappa shape index (κ1) is 16.2. The van der Waals surface area contributed by atoms with Crippen LogP contribution >= 0.6 is 11.6 Å². The minimum absolute atomic E-state index is 0.162. The molecule has 0 spiro atoms. The first-order valence-corrected chi connectivity index (χ1v) is 9.05. The maximum atomic E-state index is 12.1. The van der Waals surface area contributed by atoms with E-state index in [9.17, 15) is 4.79 Å². The lowest BCUT2D eigenvalue weighted by molar-refractivity contribution is 0.0526. The minimum Gasteiger partial charge on any atom is -0.462 e. The summed E-state index contributed by atoms with van der Waals surface area (Å²) in [6, 6.07) is 14.0. The number of carbonyl (C=O) groups excluding carboxylic acids is 1. The fourth-order valence-electron chi connectivity index (χ4n) is 3.97. The van der Waals surface area contributed by atoms with Crippen molar-refractivity contribution in [3.8, 4) is 0 Å². The van der Waals surface area contributed by atoms with Gasteiger partial charge in [0.05, 0.1) is 18.2 Å². The molecule has 1 N–H and O–H groups in total. The van der Waals surface area contributed by atoms with Crippen LogP contribution in [0.5, 0.6) is 0 Å². The van der Waals surface area contributed by atoms with Crippen molar-refractivity contribution < 1.29 is 9.53 Å². The van der Waals surface area contributed by atoms with Gasteiger partial charge in [-0.2, -0.15) is 0 Å². The Morgan fingerprint density at radius 1 is 1.24 bits per heavy atom. The van der Waals surface area contributed by atoms with Gasteiger partial charge in [-0.3, -0.25) is 0 Å². The molecule has 0 bridgehead atoms. The van der Waals surface area contributed by atoms with Crippen molar-refractivity contribution in [2.75, 3.05) is 11.9 Å². The van der Waals surface area contributed by atoms with E-state index in [1.807, 2.05) is 43.3 Å². The van der Waals surface area contributed by atoms with Crippen LogP contribution in [0.15, 0.2) is 54.6 Å². The molecule has 128 valence electrons. The van der Waals surface area contributed by atoms with Gasteiger partial charge in [0, 0.05) is 16.6 Å². The van der Waals surface area contributed by atoms with E-state index in [0.717, 1.165) is 28.3 Å². The van der Waals surface area contributed by atoms with E-state index in [1.54, 1.807) is 0 Å². The molecule has 2 aromatic rings. The largest absolute Gasteiger partial charge is 0.462 e. The van der Waals surface area contributed by atoms with E-state index >= 15 is 0 Å². The Kier molecular flexibility index (Phi) is 4.26. The molecule has 0 saturated carbocycles. The zero-order chi connectivity index (χ0) is 17.4. The fourth-order valence-corrected chi connectivity index (χ4v) is 4.22. The molecule has 2 aromatic carbocycles. The van der Waals surface area contributed by atoms with Crippen LogP contribution in [-0.2, 0) is 4.74 Å². The number of hydrogen-bond donors (Lipinski definition) is 1. The summed E-state index contributed by atoms with van der Waals surface area (Å²) in [6.45, 7) is 2.20. The number of halogens is 1. The summed E-state index contributed by atoms with van der Waals surface area (Å²) in [4.78, 5) is 12.1. The highest BCUT2D eigenvalue weighted by molar-refractivity contribution is 6.31. The lowest BCUT2D eigenvalue weighted by atomic mass is 9.76. The predicted molar refractivity (Wildman–Crippen MR) is 100 cm³/mol. The van der Waals surface area contributed by atoms with Crippen molar-refractivity contribution in [3.05, 3.63) is 76.3 Å². The summed E-state index contributed by atoms with van der Waals surface area (Å²) in [6.07, 6.45) is 5.48. The number of allylic oxidation sites excluding steroid dienone is 2. The molecule has 0 saturated heterocycles. The lowest BCUT2D eigenvalue weighted by Gasteiger charge is -2.38. The van der Waals surface area contributed by atoms with Gasteiger partial charge in [-0.15, -0.1) is 0 Å². The smallest absolute Gasteiger partial charge is 0.338 e. The Morgan fingerprint density at radius 3 is 2.88 bits per heavy atom. The predicted octanol–water partition coefficient (Wildman–Crippen LogP) is 5.34. The molecule has 0 amide bonds. The molecular weight excluding hydrogens is 334 g/mol. The highest BCUT2D eigenvalue weighted by atomic mass is 35.5. The molecule has 2 aliphatic rings. The molecule has 1 aliphatic heterocycles. The fraction of sp³-hybridized carbons (Fsp3) is 0.286. The maximum Gasteiger partial charge on any atom is 0.338 e. The number of fused-ring (bicyclic) bond motifs is 3. The minimum atomic E-state index is -0.267. The molecule has 4 rings (SSSR count). The maximum absolute atomic E-state index is 12.1. The summed E-state index contributed by atoms with van der Waals surface area (Å²) >= 11 is 6.46. The van der Waals surface area contributed by atoms with Crippen LogP contribution < -0.4 is 5.32 Å². The van der Waals surface area contributed by atoms with Gasteiger partial charge in [-0.25, -0.2) is 4.79 Å².